The lowest BCUT2D eigenvalue weighted by atomic mass is 10.2. The Balaban J connectivity index is 2.29. The van der Waals surface area contributed by atoms with Gasteiger partial charge in [0.25, 0.3) is 10.0 Å². The van der Waals surface area contributed by atoms with Crippen LogP contribution in [0.15, 0.2) is 51.8 Å². The second kappa shape index (κ2) is 7.89. The first-order chi connectivity index (χ1) is 11.8. The second-order valence-corrected chi connectivity index (χ2v) is 6.99. The molecule has 0 amide bonds. The smallest absolute Gasteiger partial charge is 0.311 e. The highest BCUT2D eigenvalue weighted by atomic mass is 32.2. The number of ether oxygens (including phenoxy) is 1. The SMILES string of the molecule is CCCOc1ccc(/C=N\S(=O)(=O)c2ccc(C)cc2)cc1[N+](=O)[O-]. The van der Waals surface area contributed by atoms with Crippen LogP contribution in [-0.2, 0) is 10.0 Å². The molecule has 2 aromatic rings. The maximum Gasteiger partial charge on any atom is 0.311 e. The third-order valence-corrected chi connectivity index (χ3v) is 4.55. The molecule has 0 N–H and O–H groups in total. The van der Waals surface area contributed by atoms with Gasteiger partial charge in [0.2, 0.25) is 0 Å². The molecule has 0 fully saturated rings. The Kier molecular flexibility index (Phi) is 5.87. The van der Waals surface area contributed by atoms with Gasteiger partial charge in [-0.05, 0) is 37.6 Å². The summed E-state index contributed by atoms with van der Waals surface area (Å²) >= 11 is 0. The molecule has 0 aliphatic rings. The number of benzene rings is 2. The maximum atomic E-state index is 12.2. The van der Waals surface area contributed by atoms with Gasteiger partial charge in [-0.25, -0.2) is 0 Å². The Morgan fingerprint density at radius 2 is 1.88 bits per heavy atom. The molecule has 2 aromatic carbocycles. The van der Waals surface area contributed by atoms with Gasteiger partial charge in [-0.1, -0.05) is 24.6 Å². The zero-order valence-electron chi connectivity index (χ0n) is 13.9. The molecule has 0 unspecified atom stereocenters. The Hall–Kier alpha value is -2.74. The van der Waals surface area contributed by atoms with Gasteiger partial charge in [0.15, 0.2) is 5.75 Å². The fraction of sp³-hybridized carbons (Fsp3) is 0.235. The molecule has 0 spiro atoms. The van der Waals surface area contributed by atoms with Gasteiger partial charge in [-0.2, -0.15) is 12.8 Å². The van der Waals surface area contributed by atoms with E-state index in [2.05, 4.69) is 4.40 Å². The number of rotatable bonds is 7. The van der Waals surface area contributed by atoms with Crippen molar-refractivity contribution in [3.63, 3.8) is 0 Å². The summed E-state index contributed by atoms with van der Waals surface area (Å²) in [6, 6.07) is 10.5. The van der Waals surface area contributed by atoms with Crippen molar-refractivity contribution in [2.24, 2.45) is 4.40 Å². The van der Waals surface area contributed by atoms with Crippen molar-refractivity contribution in [3.05, 3.63) is 63.7 Å². The van der Waals surface area contributed by atoms with Crippen LogP contribution in [0, 0.1) is 17.0 Å². The van der Waals surface area contributed by atoms with Crippen LogP contribution in [0.5, 0.6) is 5.75 Å². The number of hydrogen-bond acceptors (Lipinski definition) is 5. The van der Waals surface area contributed by atoms with Crippen molar-refractivity contribution in [1.82, 2.24) is 0 Å². The third kappa shape index (κ3) is 4.87. The molecule has 2 rings (SSSR count). The zero-order chi connectivity index (χ0) is 18.4. The van der Waals surface area contributed by atoms with Gasteiger partial charge in [0, 0.05) is 17.8 Å². The standard InChI is InChI=1S/C17H18N2O5S/c1-3-10-24-17-9-6-14(11-16(17)19(20)21)12-18-25(22,23)15-7-4-13(2)5-8-15/h4-9,11-12H,3,10H2,1-2H3/b18-12-. The zero-order valence-corrected chi connectivity index (χ0v) is 14.7. The van der Waals surface area contributed by atoms with Crippen molar-refractivity contribution >= 4 is 21.9 Å². The largest absolute Gasteiger partial charge is 0.487 e. The Morgan fingerprint density at radius 3 is 2.48 bits per heavy atom. The summed E-state index contributed by atoms with van der Waals surface area (Å²) in [7, 11) is -3.86. The highest BCUT2D eigenvalue weighted by Crippen LogP contribution is 2.27. The number of aryl methyl sites for hydroxylation is 1. The van der Waals surface area contributed by atoms with E-state index in [4.69, 9.17) is 4.74 Å². The molecule has 7 nitrogen and oxygen atoms in total. The van der Waals surface area contributed by atoms with Crippen molar-refractivity contribution < 1.29 is 18.1 Å². The van der Waals surface area contributed by atoms with E-state index in [0.717, 1.165) is 18.2 Å². The topological polar surface area (TPSA) is 98.9 Å². The average Bonchev–Trinajstić information content (AvgIpc) is 2.58. The molecule has 0 aliphatic carbocycles. The lowest BCUT2D eigenvalue weighted by molar-refractivity contribution is -0.385. The Morgan fingerprint density at radius 1 is 1.20 bits per heavy atom. The monoisotopic (exact) mass is 362 g/mol. The van der Waals surface area contributed by atoms with Crippen LogP contribution in [0.2, 0.25) is 0 Å². The van der Waals surface area contributed by atoms with E-state index in [-0.39, 0.29) is 16.3 Å². The van der Waals surface area contributed by atoms with E-state index in [0.29, 0.717) is 12.2 Å². The van der Waals surface area contributed by atoms with Gasteiger partial charge in [-0.3, -0.25) is 10.1 Å². The predicted octanol–water partition coefficient (Wildman–Crippen LogP) is 3.50. The maximum absolute atomic E-state index is 12.2. The van der Waals surface area contributed by atoms with Crippen molar-refractivity contribution in [1.29, 1.82) is 0 Å². The van der Waals surface area contributed by atoms with Crippen LogP contribution in [0.4, 0.5) is 5.69 Å². The van der Waals surface area contributed by atoms with Crippen LogP contribution < -0.4 is 4.74 Å². The Bertz CT molecular complexity index is 890. The van der Waals surface area contributed by atoms with E-state index >= 15 is 0 Å². The number of nitro benzene ring substituents is 1. The summed E-state index contributed by atoms with van der Waals surface area (Å²) < 4.78 is 33.3. The number of nitrogens with zero attached hydrogens (tertiary/aromatic N) is 2. The second-order valence-electron chi connectivity index (χ2n) is 5.36. The molecule has 8 heteroatoms. The lowest BCUT2D eigenvalue weighted by Gasteiger charge is -2.05. The van der Waals surface area contributed by atoms with Crippen LogP contribution in [0.25, 0.3) is 0 Å². The summed E-state index contributed by atoms with van der Waals surface area (Å²) in [6.07, 6.45) is 1.81. The Labute approximate surface area is 146 Å². The molecular formula is C17H18N2O5S. The highest BCUT2D eigenvalue weighted by Gasteiger charge is 2.16. The molecule has 0 saturated carbocycles. The normalized spacial score (nSPS) is 11.6. The molecule has 0 saturated heterocycles. The van der Waals surface area contributed by atoms with Crippen molar-refractivity contribution in [2.75, 3.05) is 6.61 Å². The minimum atomic E-state index is -3.86. The summed E-state index contributed by atoms with van der Waals surface area (Å²) in [5.74, 6) is 0.144. The van der Waals surface area contributed by atoms with Gasteiger partial charge >= 0.3 is 5.69 Å². The summed E-state index contributed by atoms with van der Waals surface area (Å²) in [6.45, 7) is 4.10. The quantitative estimate of drug-likeness (QED) is 0.426. The minimum absolute atomic E-state index is 0.0618. The lowest BCUT2D eigenvalue weighted by Crippen LogP contribution is -2.01. The van der Waals surface area contributed by atoms with E-state index in [1.54, 1.807) is 12.1 Å². The van der Waals surface area contributed by atoms with Crippen molar-refractivity contribution in [3.8, 4) is 5.75 Å². The number of sulfonamides is 1. The molecule has 0 aliphatic heterocycles. The van der Waals surface area contributed by atoms with Crippen molar-refractivity contribution in [2.45, 2.75) is 25.2 Å². The number of nitro groups is 1. The molecule has 0 atom stereocenters. The molecule has 0 radical (unpaired) electrons. The molecule has 132 valence electrons. The number of hydrogen-bond donors (Lipinski definition) is 0. The molecule has 25 heavy (non-hydrogen) atoms. The fourth-order valence-electron chi connectivity index (χ4n) is 1.99. The molecule has 0 bridgehead atoms. The van der Waals surface area contributed by atoms with Crippen LogP contribution >= 0.6 is 0 Å². The van der Waals surface area contributed by atoms with Gasteiger partial charge in [0.05, 0.1) is 16.4 Å². The summed E-state index contributed by atoms with van der Waals surface area (Å²) in [5.41, 5.74) is 0.998. The molecule has 0 heterocycles. The summed E-state index contributed by atoms with van der Waals surface area (Å²) in [4.78, 5) is 10.6. The van der Waals surface area contributed by atoms with Crippen LogP contribution in [0.1, 0.15) is 24.5 Å². The van der Waals surface area contributed by atoms with Gasteiger partial charge in [-0.15, -0.1) is 0 Å². The van der Waals surface area contributed by atoms with Gasteiger partial charge in [0.1, 0.15) is 0 Å². The fourth-order valence-corrected chi connectivity index (χ4v) is 2.86. The average molecular weight is 362 g/mol. The molecule has 0 aromatic heterocycles. The van der Waals surface area contributed by atoms with Crippen LogP contribution in [-0.4, -0.2) is 26.2 Å². The minimum Gasteiger partial charge on any atom is -0.487 e. The highest BCUT2D eigenvalue weighted by molar-refractivity contribution is 7.90. The van der Waals surface area contributed by atoms with E-state index in [1.165, 1.54) is 30.3 Å². The van der Waals surface area contributed by atoms with E-state index < -0.39 is 14.9 Å². The third-order valence-electron chi connectivity index (χ3n) is 3.30. The first kappa shape index (κ1) is 18.6. The first-order valence-corrected chi connectivity index (χ1v) is 9.06. The van der Waals surface area contributed by atoms with Gasteiger partial charge < -0.3 is 4.74 Å². The van der Waals surface area contributed by atoms with E-state index in [1.807, 2.05) is 13.8 Å². The van der Waals surface area contributed by atoms with E-state index in [9.17, 15) is 18.5 Å². The summed E-state index contributed by atoms with van der Waals surface area (Å²) in [5, 5.41) is 11.2. The predicted molar refractivity (Wildman–Crippen MR) is 94.8 cm³/mol. The van der Waals surface area contributed by atoms with Crippen LogP contribution in [0.3, 0.4) is 0 Å². The first-order valence-electron chi connectivity index (χ1n) is 7.61. The molecular weight excluding hydrogens is 344 g/mol.